The molecule has 0 spiro atoms. The Bertz CT molecular complexity index is 1130. The number of anilines is 1. The SMILES string of the molecule is CC[C@@H](C(=O)NC1CCCC1)N(Cc1ccc(Cl)cc1)C(=O)CN(c1cccc(C)c1)S(C)(=O)=O. The molecule has 0 bridgehead atoms. The summed E-state index contributed by atoms with van der Waals surface area (Å²) in [7, 11) is -3.75. The van der Waals surface area contributed by atoms with Gasteiger partial charge in [0.15, 0.2) is 0 Å². The molecule has 1 N–H and O–H groups in total. The molecule has 1 aliphatic rings. The predicted molar refractivity (Wildman–Crippen MR) is 140 cm³/mol. The van der Waals surface area contributed by atoms with Crippen molar-refractivity contribution in [1.82, 2.24) is 10.2 Å². The van der Waals surface area contributed by atoms with Gasteiger partial charge in [0.05, 0.1) is 11.9 Å². The minimum Gasteiger partial charge on any atom is -0.352 e. The van der Waals surface area contributed by atoms with Crippen molar-refractivity contribution in [3.05, 3.63) is 64.7 Å². The summed E-state index contributed by atoms with van der Waals surface area (Å²) in [6.07, 6.45) is 5.51. The van der Waals surface area contributed by atoms with Crippen molar-refractivity contribution in [1.29, 1.82) is 0 Å². The minimum atomic E-state index is -3.75. The van der Waals surface area contributed by atoms with E-state index in [9.17, 15) is 18.0 Å². The Morgan fingerprint density at radius 3 is 2.34 bits per heavy atom. The number of sulfonamides is 1. The first kappa shape index (κ1) is 27.0. The number of carbonyl (C=O) groups excluding carboxylic acids is 2. The Kier molecular flexibility index (Phi) is 9.19. The lowest BCUT2D eigenvalue weighted by Crippen LogP contribution is -2.53. The Balaban J connectivity index is 1.91. The van der Waals surface area contributed by atoms with Gasteiger partial charge in [0.1, 0.15) is 12.6 Å². The number of halogens is 1. The van der Waals surface area contributed by atoms with Crippen LogP contribution in [-0.2, 0) is 26.2 Å². The van der Waals surface area contributed by atoms with Gasteiger partial charge in [0, 0.05) is 17.6 Å². The fraction of sp³-hybridized carbons (Fsp3) is 0.462. The number of amides is 2. The van der Waals surface area contributed by atoms with E-state index in [-0.39, 0.29) is 18.5 Å². The molecule has 3 rings (SSSR count). The second kappa shape index (κ2) is 11.9. The first-order valence-electron chi connectivity index (χ1n) is 12.0. The zero-order valence-electron chi connectivity index (χ0n) is 20.5. The molecular formula is C26H34ClN3O4S. The van der Waals surface area contributed by atoms with Crippen LogP contribution >= 0.6 is 11.6 Å². The fourth-order valence-corrected chi connectivity index (χ4v) is 5.44. The zero-order valence-corrected chi connectivity index (χ0v) is 22.1. The average molecular weight is 520 g/mol. The van der Waals surface area contributed by atoms with Gasteiger partial charge < -0.3 is 10.2 Å². The number of benzene rings is 2. The van der Waals surface area contributed by atoms with E-state index in [2.05, 4.69) is 5.32 Å². The maximum atomic E-state index is 13.7. The molecule has 0 saturated heterocycles. The van der Waals surface area contributed by atoms with E-state index < -0.39 is 28.5 Å². The molecule has 190 valence electrons. The summed E-state index contributed by atoms with van der Waals surface area (Å²) >= 11 is 6.03. The van der Waals surface area contributed by atoms with E-state index in [1.54, 1.807) is 42.5 Å². The van der Waals surface area contributed by atoms with Gasteiger partial charge in [-0.25, -0.2) is 8.42 Å². The molecule has 7 nitrogen and oxygen atoms in total. The number of rotatable bonds is 10. The van der Waals surface area contributed by atoms with Crippen molar-refractivity contribution in [2.75, 3.05) is 17.1 Å². The first-order valence-corrected chi connectivity index (χ1v) is 14.2. The van der Waals surface area contributed by atoms with Gasteiger partial charge in [-0.05, 0) is 61.6 Å². The van der Waals surface area contributed by atoms with Crippen molar-refractivity contribution in [2.45, 2.75) is 64.6 Å². The van der Waals surface area contributed by atoms with Crippen LogP contribution in [0.5, 0.6) is 0 Å². The molecular weight excluding hydrogens is 486 g/mol. The summed E-state index contributed by atoms with van der Waals surface area (Å²) in [4.78, 5) is 28.4. The Hall–Kier alpha value is -2.58. The molecule has 0 unspecified atom stereocenters. The number of hydrogen-bond acceptors (Lipinski definition) is 4. The lowest BCUT2D eigenvalue weighted by molar-refractivity contribution is -0.140. The van der Waals surface area contributed by atoms with E-state index in [1.165, 1.54) is 4.90 Å². The van der Waals surface area contributed by atoms with Crippen LogP contribution in [0.15, 0.2) is 48.5 Å². The topological polar surface area (TPSA) is 86.8 Å². The molecule has 1 aliphatic carbocycles. The van der Waals surface area contributed by atoms with Crippen molar-refractivity contribution < 1.29 is 18.0 Å². The van der Waals surface area contributed by atoms with Gasteiger partial charge in [-0.1, -0.05) is 55.6 Å². The highest BCUT2D eigenvalue weighted by atomic mass is 35.5. The van der Waals surface area contributed by atoms with Crippen molar-refractivity contribution in [3.63, 3.8) is 0 Å². The van der Waals surface area contributed by atoms with Gasteiger partial charge >= 0.3 is 0 Å². The van der Waals surface area contributed by atoms with Crippen LogP contribution < -0.4 is 9.62 Å². The molecule has 1 atom stereocenters. The van der Waals surface area contributed by atoms with Gasteiger partial charge in [-0.2, -0.15) is 0 Å². The molecule has 2 amide bonds. The molecule has 9 heteroatoms. The van der Waals surface area contributed by atoms with Crippen LogP contribution in [0, 0.1) is 6.92 Å². The molecule has 0 aromatic heterocycles. The molecule has 0 heterocycles. The van der Waals surface area contributed by atoms with Crippen LogP contribution in [-0.4, -0.2) is 50.0 Å². The van der Waals surface area contributed by atoms with Crippen LogP contribution in [0.1, 0.15) is 50.2 Å². The number of nitrogens with one attached hydrogen (secondary N) is 1. The summed E-state index contributed by atoms with van der Waals surface area (Å²) in [6.45, 7) is 3.48. The Morgan fingerprint density at radius 1 is 1.11 bits per heavy atom. The second-order valence-electron chi connectivity index (χ2n) is 9.17. The average Bonchev–Trinajstić information content (AvgIpc) is 3.30. The van der Waals surface area contributed by atoms with E-state index in [4.69, 9.17) is 11.6 Å². The lowest BCUT2D eigenvalue weighted by atomic mass is 10.1. The molecule has 2 aromatic carbocycles. The fourth-order valence-electron chi connectivity index (χ4n) is 4.47. The van der Waals surface area contributed by atoms with Crippen LogP contribution in [0.3, 0.4) is 0 Å². The second-order valence-corrected chi connectivity index (χ2v) is 11.5. The Morgan fingerprint density at radius 2 is 1.77 bits per heavy atom. The predicted octanol–water partition coefficient (Wildman–Crippen LogP) is 4.28. The third-order valence-corrected chi connectivity index (χ3v) is 7.72. The molecule has 1 fully saturated rings. The third-order valence-electron chi connectivity index (χ3n) is 6.32. The zero-order chi connectivity index (χ0) is 25.6. The van der Waals surface area contributed by atoms with Gasteiger partial charge in [-0.3, -0.25) is 13.9 Å². The third kappa shape index (κ3) is 7.45. The molecule has 0 radical (unpaired) electrons. The quantitative estimate of drug-likeness (QED) is 0.507. The molecule has 35 heavy (non-hydrogen) atoms. The maximum Gasteiger partial charge on any atom is 0.244 e. The molecule has 0 aliphatic heterocycles. The normalized spacial score (nSPS) is 15.0. The van der Waals surface area contributed by atoms with Crippen molar-refractivity contribution >= 4 is 39.1 Å². The van der Waals surface area contributed by atoms with Crippen LogP contribution in [0.2, 0.25) is 5.02 Å². The summed E-state index contributed by atoms with van der Waals surface area (Å²) < 4.78 is 26.4. The molecule has 1 saturated carbocycles. The monoisotopic (exact) mass is 519 g/mol. The van der Waals surface area contributed by atoms with Crippen LogP contribution in [0.4, 0.5) is 5.69 Å². The number of nitrogens with zero attached hydrogens (tertiary/aromatic N) is 2. The van der Waals surface area contributed by atoms with E-state index in [0.29, 0.717) is 17.1 Å². The highest BCUT2D eigenvalue weighted by Crippen LogP contribution is 2.22. The van der Waals surface area contributed by atoms with Gasteiger partial charge in [0.25, 0.3) is 0 Å². The number of carbonyl (C=O) groups is 2. The number of hydrogen-bond donors (Lipinski definition) is 1. The first-order chi connectivity index (χ1) is 16.6. The Labute approximate surface area is 213 Å². The highest BCUT2D eigenvalue weighted by Gasteiger charge is 2.33. The standard InChI is InChI=1S/C26H34ClN3O4S/c1-4-24(26(32)28-22-9-5-6-10-22)29(17-20-12-14-21(27)15-13-20)25(31)18-30(35(3,33)34)23-11-7-8-19(2)16-23/h7-8,11-16,22,24H,4-6,9-10,17-18H2,1-3H3,(H,28,32)/t24-/m0/s1. The summed E-state index contributed by atoms with van der Waals surface area (Å²) in [5.74, 6) is -0.650. The van der Waals surface area contributed by atoms with Gasteiger partial charge in [0.2, 0.25) is 21.8 Å². The van der Waals surface area contributed by atoms with E-state index >= 15 is 0 Å². The maximum absolute atomic E-state index is 13.7. The van der Waals surface area contributed by atoms with E-state index in [0.717, 1.165) is 47.4 Å². The van der Waals surface area contributed by atoms with E-state index in [1.807, 2.05) is 19.9 Å². The smallest absolute Gasteiger partial charge is 0.244 e. The van der Waals surface area contributed by atoms with Crippen molar-refractivity contribution in [3.8, 4) is 0 Å². The molecule has 2 aromatic rings. The number of aryl methyl sites for hydroxylation is 1. The van der Waals surface area contributed by atoms with Crippen LogP contribution in [0.25, 0.3) is 0 Å². The minimum absolute atomic E-state index is 0.115. The van der Waals surface area contributed by atoms with Crippen molar-refractivity contribution in [2.24, 2.45) is 0 Å². The lowest BCUT2D eigenvalue weighted by Gasteiger charge is -2.33. The van der Waals surface area contributed by atoms with Gasteiger partial charge in [-0.15, -0.1) is 0 Å². The highest BCUT2D eigenvalue weighted by molar-refractivity contribution is 7.92. The summed E-state index contributed by atoms with van der Waals surface area (Å²) in [6, 6.07) is 13.5. The summed E-state index contributed by atoms with van der Waals surface area (Å²) in [5.41, 5.74) is 2.09. The largest absolute Gasteiger partial charge is 0.352 e. The summed E-state index contributed by atoms with van der Waals surface area (Å²) in [5, 5.41) is 3.67.